The van der Waals surface area contributed by atoms with E-state index >= 15 is 0 Å². The van der Waals surface area contributed by atoms with Gasteiger partial charge in [-0.25, -0.2) is 0 Å². The van der Waals surface area contributed by atoms with Crippen LogP contribution >= 0.6 is 0 Å². The molecule has 1 rings (SSSR count). The molecule has 0 N–H and O–H groups in total. The molecule has 5 heteroatoms. The van der Waals surface area contributed by atoms with Crippen molar-refractivity contribution in [2.24, 2.45) is 5.92 Å². The molecule has 0 bridgehead atoms. The predicted molar refractivity (Wildman–Crippen MR) is 89.0 cm³/mol. The second-order valence-corrected chi connectivity index (χ2v) is 6.39. The van der Waals surface area contributed by atoms with Crippen LogP contribution in [-0.4, -0.2) is 45.3 Å². The Labute approximate surface area is 139 Å². The standard InChI is InChI=1S/C18H30O5/c1-13(2)7-8-18(23-12-21-6)16(19)9-15(14(3)4)10-17(18)22-11-20-5/h7,15,17H,3,8-12H2,1-2,4-6H3/t15-,17+,18-/m0/s1. The molecule has 1 aliphatic carbocycles. The molecule has 0 unspecified atom stereocenters. The minimum Gasteiger partial charge on any atom is -0.359 e. The Morgan fingerprint density at radius 3 is 2.43 bits per heavy atom. The zero-order valence-electron chi connectivity index (χ0n) is 15.0. The Morgan fingerprint density at radius 1 is 1.26 bits per heavy atom. The Kier molecular flexibility index (Phi) is 8.12. The van der Waals surface area contributed by atoms with Crippen molar-refractivity contribution in [3.63, 3.8) is 0 Å². The topological polar surface area (TPSA) is 54.0 Å². The lowest BCUT2D eigenvalue weighted by atomic mass is 9.71. The van der Waals surface area contributed by atoms with Gasteiger partial charge in [0.2, 0.25) is 0 Å². The van der Waals surface area contributed by atoms with Crippen LogP contribution in [0.1, 0.15) is 40.0 Å². The molecule has 0 radical (unpaired) electrons. The number of hydrogen-bond acceptors (Lipinski definition) is 5. The van der Waals surface area contributed by atoms with Crippen molar-refractivity contribution in [2.45, 2.75) is 51.7 Å². The van der Waals surface area contributed by atoms with E-state index in [2.05, 4.69) is 6.58 Å². The maximum absolute atomic E-state index is 13.0. The summed E-state index contributed by atoms with van der Waals surface area (Å²) in [6.07, 6.45) is 3.19. The van der Waals surface area contributed by atoms with E-state index < -0.39 is 11.7 Å². The number of carbonyl (C=O) groups is 1. The molecule has 0 saturated heterocycles. The first-order valence-corrected chi connectivity index (χ1v) is 7.92. The maximum Gasteiger partial charge on any atom is 0.168 e. The van der Waals surface area contributed by atoms with Gasteiger partial charge in [-0.1, -0.05) is 23.8 Å². The molecule has 1 aliphatic rings. The number of Topliss-reactive ketones (excluding diaryl/α,β-unsaturated/α-hetero) is 1. The summed E-state index contributed by atoms with van der Waals surface area (Å²) in [5.74, 6) is 0.141. The van der Waals surface area contributed by atoms with Crippen LogP contribution in [0.3, 0.4) is 0 Å². The lowest BCUT2D eigenvalue weighted by Crippen LogP contribution is -2.57. The van der Waals surface area contributed by atoms with Crippen LogP contribution in [0.5, 0.6) is 0 Å². The third kappa shape index (κ3) is 5.24. The largest absolute Gasteiger partial charge is 0.359 e. The summed E-state index contributed by atoms with van der Waals surface area (Å²) < 4.78 is 21.8. The fraction of sp³-hybridized carbons (Fsp3) is 0.722. The third-order valence-corrected chi connectivity index (χ3v) is 4.25. The van der Waals surface area contributed by atoms with Crippen LogP contribution in [0.15, 0.2) is 23.8 Å². The molecule has 0 aromatic rings. The highest BCUT2D eigenvalue weighted by Crippen LogP contribution is 2.39. The van der Waals surface area contributed by atoms with E-state index in [1.807, 2.05) is 26.8 Å². The van der Waals surface area contributed by atoms with E-state index in [0.717, 1.165) is 11.1 Å². The lowest BCUT2D eigenvalue weighted by Gasteiger charge is -2.44. The molecule has 0 heterocycles. The zero-order valence-corrected chi connectivity index (χ0v) is 15.0. The average molecular weight is 326 g/mol. The Balaban J connectivity index is 3.13. The van der Waals surface area contributed by atoms with Crippen molar-refractivity contribution in [1.29, 1.82) is 0 Å². The van der Waals surface area contributed by atoms with Crippen LogP contribution in [0, 0.1) is 5.92 Å². The van der Waals surface area contributed by atoms with Gasteiger partial charge in [-0.2, -0.15) is 0 Å². The van der Waals surface area contributed by atoms with Gasteiger partial charge in [0.05, 0.1) is 6.10 Å². The lowest BCUT2D eigenvalue weighted by molar-refractivity contribution is -0.218. The molecular formula is C18H30O5. The van der Waals surface area contributed by atoms with Crippen molar-refractivity contribution in [2.75, 3.05) is 27.8 Å². The van der Waals surface area contributed by atoms with Crippen LogP contribution in [0.4, 0.5) is 0 Å². The van der Waals surface area contributed by atoms with Crippen molar-refractivity contribution in [3.05, 3.63) is 23.8 Å². The van der Waals surface area contributed by atoms with Gasteiger partial charge in [-0.3, -0.25) is 4.79 Å². The second-order valence-electron chi connectivity index (χ2n) is 6.39. The zero-order chi connectivity index (χ0) is 17.5. The van der Waals surface area contributed by atoms with E-state index in [0.29, 0.717) is 19.3 Å². The summed E-state index contributed by atoms with van der Waals surface area (Å²) in [6.45, 7) is 10.1. The van der Waals surface area contributed by atoms with Crippen molar-refractivity contribution in [1.82, 2.24) is 0 Å². The van der Waals surface area contributed by atoms with Crippen LogP contribution in [0.2, 0.25) is 0 Å². The summed E-state index contributed by atoms with van der Waals surface area (Å²) in [5.41, 5.74) is 1.09. The SMILES string of the molecule is C=C(C)[C@H]1CC(=O)[C@](CC=C(C)C)(OCOC)[C@H](OCOC)C1. The molecular weight excluding hydrogens is 296 g/mol. The summed E-state index contributed by atoms with van der Waals surface area (Å²) in [4.78, 5) is 13.0. The van der Waals surface area contributed by atoms with E-state index in [9.17, 15) is 4.79 Å². The maximum atomic E-state index is 13.0. The second kappa shape index (κ2) is 9.33. The highest BCUT2D eigenvalue weighted by atomic mass is 16.7. The number of ether oxygens (including phenoxy) is 4. The summed E-state index contributed by atoms with van der Waals surface area (Å²) in [7, 11) is 3.11. The van der Waals surface area contributed by atoms with Gasteiger partial charge in [0.15, 0.2) is 11.4 Å². The first-order valence-electron chi connectivity index (χ1n) is 7.92. The monoisotopic (exact) mass is 326 g/mol. The minimum absolute atomic E-state index is 0.0346. The summed E-state index contributed by atoms with van der Waals surface area (Å²) in [6, 6.07) is 0. The molecule has 3 atom stereocenters. The first-order chi connectivity index (χ1) is 10.9. The van der Waals surface area contributed by atoms with E-state index in [-0.39, 0.29) is 25.3 Å². The van der Waals surface area contributed by atoms with Gasteiger partial charge in [-0.05, 0) is 33.1 Å². The van der Waals surface area contributed by atoms with Crippen LogP contribution in [0.25, 0.3) is 0 Å². The Hall–Kier alpha value is -1.01. The molecule has 0 aromatic heterocycles. The van der Waals surface area contributed by atoms with Crippen LogP contribution < -0.4 is 0 Å². The first kappa shape index (κ1) is 20.0. The molecule has 0 spiro atoms. The number of ketones is 1. The van der Waals surface area contributed by atoms with Gasteiger partial charge < -0.3 is 18.9 Å². The van der Waals surface area contributed by atoms with Gasteiger partial charge in [-0.15, -0.1) is 0 Å². The smallest absolute Gasteiger partial charge is 0.168 e. The van der Waals surface area contributed by atoms with Gasteiger partial charge >= 0.3 is 0 Å². The molecule has 5 nitrogen and oxygen atoms in total. The van der Waals surface area contributed by atoms with Crippen molar-refractivity contribution >= 4 is 5.78 Å². The summed E-state index contributed by atoms with van der Waals surface area (Å²) in [5, 5.41) is 0. The molecule has 1 saturated carbocycles. The molecule has 0 aliphatic heterocycles. The molecule has 0 amide bonds. The number of methoxy groups -OCH3 is 2. The van der Waals surface area contributed by atoms with E-state index in [1.165, 1.54) is 0 Å². The predicted octanol–water partition coefficient (Wildman–Crippen LogP) is 3.25. The van der Waals surface area contributed by atoms with Gasteiger partial charge in [0.1, 0.15) is 13.6 Å². The minimum atomic E-state index is -1.03. The van der Waals surface area contributed by atoms with Crippen molar-refractivity contribution < 1.29 is 23.7 Å². The summed E-state index contributed by atoms with van der Waals surface area (Å²) >= 11 is 0. The number of rotatable bonds is 9. The highest BCUT2D eigenvalue weighted by molar-refractivity contribution is 5.89. The van der Waals surface area contributed by atoms with Gasteiger partial charge in [0, 0.05) is 27.1 Å². The average Bonchev–Trinajstić information content (AvgIpc) is 2.50. The quantitative estimate of drug-likeness (QED) is 0.481. The third-order valence-electron chi connectivity index (χ3n) is 4.25. The van der Waals surface area contributed by atoms with E-state index in [4.69, 9.17) is 18.9 Å². The normalized spacial score (nSPS) is 27.8. The van der Waals surface area contributed by atoms with E-state index in [1.54, 1.807) is 14.2 Å². The van der Waals surface area contributed by atoms with Crippen LogP contribution in [-0.2, 0) is 23.7 Å². The molecule has 23 heavy (non-hydrogen) atoms. The number of carbonyl (C=O) groups excluding carboxylic acids is 1. The molecule has 0 aromatic carbocycles. The Morgan fingerprint density at radius 2 is 1.91 bits per heavy atom. The van der Waals surface area contributed by atoms with Gasteiger partial charge in [0.25, 0.3) is 0 Å². The molecule has 132 valence electrons. The highest BCUT2D eigenvalue weighted by Gasteiger charge is 2.51. The Bertz CT molecular complexity index is 439. The number of hydrogen-bond donors (Lipinski definition) is 0. The molecule has 1 fully saturated rings. The fourth-order valence-electron chi connectivity index (χ4n) is 2.83. The fourth-order valence-corrected chi connectivity index (χ4v) is 2.83. The number of allylic oxidation sites excluding steroid dienone is 2. The van der Waals surface area contributed by atoms with Crippen molar-refractivity contribution in [3.8, 4) is 0 Å².